The molecule has 0 unspecified atom stereocenters. The van der Waals surface area contributed by atoms with Crippen molar-refractivity contribution in [1.82, 2.24) is 0 Å². The van der Waals surface area contributed by atoms with Crippen molar-refractivity contribution in [3.63, 3.8) is 0 Å². The summed E-state index contributed by atoms with van der Waals surface area (Å²) < 4.78 is 0. The van der Waals surface area contributed by atoms with Crippen LogP contribution in [0.15, 0.2) is 42.5 Å². The van der Waals surface area contributed by atoms with Crippen LogP contribution >= 0.6 is 0 Å². The number of hydrogen-bond donors (Lipinski definition) is 2. The molecule has 0 fully saturated rings. The van der Waals surface area contributed by atoms with Gasteiger partial charge in [-0.3, -0.25) is 4.79 Å². The molecule has 0 bridgehead atoms. The highest BCUT2D eigenvalue weighted by molar-refractivity contribution is 5.95. The largest absolute Gasteiger partial charge is 0.478 e. The van der Waals surface area contributed by atoms with Gasteiger partial charge in [0.2, 0.25) is 5.91 Å². The quantitative estimate of drug-likeness (QED) is 0.905. The highest BCUT2D eigenvalue weighted by atomic mass is 16.4. The topological polar surface area (TPSA) is 66.4 Å². The monoisotopic (exact) mass is 283 g/mol. The zero-order valence-electron chi connectivity index (χ0n) is 12.0. The van der Waals surface area contributed by atoms with Crippen LogP contribution in [0.3, 0.4) is 0 Å². The van der Waals surface area contributed by atoms with Gasteiger partial charge in [-0.2, -0.15) is 0 Å². The molecule has 2 aromatic carbocycles. The molecule has 0 heterocycles. The van der Waals surface area contributed by atoms with E-state index in [4.69, 9.17) is 5.11 Å². The number of carbonyl (C=O) groups is 2. The van der Waals surface area contributed by atoms with Gasteiger partial charge in [0.05, 0.1) is 12.0 Å². The maximum Gasteiger partial charge on any atom is 0.335 e. The molecule has 1 amide bonds. The third-order valence-corrected chi connectivity index (χ3v) is 3.21. The molecule has 0 saturated heterocycles. The van der Waals surface area contributed by atoms with Gasteiger partial charge in [-0.1, -0.05) is 35.9 Å². The number of aromatic carboxylic acids is 1. The lowest BCUT2D eigenvalue weighted by molar-refractivity contribution is -0.115. The van der Waals surface area contributed by atoms with Crippen molar-refractivity contribution in [2.45, 2.75) is 20.3 Å². The van der Waals surface area contributed by atoms with Crippen molar-refractivity contribution >= 4 is 17.6 Å². The first kappa shape index (κ1) is 14.8. The fraction of sp³-hybridized carbons (Fsp3) is 0.176. The third-order valence-electron chi connectivity index (χ3n) is 3.21. The number of carboxylic acid groups (broad SMARTS) is 1. The molecule has 4 heteroatoms. The predicted octanol–water partition coefficient (Wildman–Crippen LogP) is 3.18. The minimum Gasteiger partial charge on any atom is -0.478 e. The molecule has 108 valence electrons. The highest BCUT2D eigenvalue weighted by Crippen LogP contribution is 2.17. The fourth-order valence-corrected chi connectivity index (χ4v) is 2.09. The van der Waals surface area contributed by atoms with Gasteiger partial charge in [0.15, 0.2) is 0 Å². The van der Waals surface area contributed by atoms with Gasteiger partial charge < -0.3 is 10.4 Å². The van der Waals surface area contributed by atoms with Crippen molar-refractivity contribution in [3.8, 4) is 0 Å². The minimum absolute atomic E-state index is 0.159. The Bertz CT molecular complexity index is 692. The zero-order valence-corrected chi connectivity index (χ0v) is 12.0. The molecule has 0 spiro atoms. The minimum atomic E-state index is -1.01. The number of hydrogen-bond acceptors (Lipinski definition) is 2. The van der Waals surface area contributed by atoms with E-state index in [0.29, 0.717) is 5.69 Å². The molecule has 0 saturated carbocycles. The first-order chi connectivity index (χ1) is 9.95. The van der Waals surface area contributed by atoms with Crippen molar-refractivity contribution in [2.75, 3.05) is 5.32 Å². The Labute approximate surface area is 123 Å². The molecule has 0 aliphatic carbocycles. The summed E-state index contributed by atoms with van der Waals surface area (Å²) in [6.07, 6.45) is 0.262. The average molecular weight is 283 g/mol. The summed E-state index contributed by atoms with van der Waals surface area (Å²) in [5, 5.41) is 11.8. The van der Waals surface area contributed by atoms with Gasteiger partial charge in [0.25, 0.3) is 0 Å². The molecule has 0 aromatic heterocycles. The van der Waals surface area contributed by atoms with E-state index in [1.54, 1.807) is 6.07 Å². The predicted molar refractivity (Wildman–Crippen MR) is 81.7 cm³/mol. The van der Waals surface area contributed by atoms with Crippen LogP contribution in [0.1, 0.15) is 27.0 Å². The first-order valence-electron chi connectivity index (χ1n) is 6.65. The summed E-state index contributed by atoms with van der Waals surface area (Å²) in [6, 6.07) is 12.4. The maximum absolute atomic E-state index is 12.1. The maximum atomic E-state index is 12.1. The Morgan fingerprint density at radius 1 is 1.10 bits per heavy atom. The number of aryl methyl sites for hydroxylation is 2. The van der Waals surface area contributed by atoms with Crippen LogP contribution in [0, 0.1) is 13.8 Å². The summed E-state index contributed by atoms with van der Waals surface area (Å²) in [5.41, 5.74) is 3.56. The van der Waals surface area contributed by atoms with E-state index < -0.39 is 5.97 Å². The summed E-state index contributed by atoms with van der Waals surface area (Å²) in [6.45, 7) is 3.80. The lowest BCUT2D eigenvalue weighted by atomic mass is 10.1. The van der Waals surface area contributed by atoms with Crippen LogP contribution in [0.4, 0.5) is 5.69 Å². The van der Waals surface area contributed by atoms with E-state index in [2.05, 4.69) is 5.32 Å². The van der Waals surface area contributed by atoms with Gasteiger partial charge in [-0.15, -0.1) is 0 Å². The van der Waals surface area contributed by atoms with Gasteiger partial charge in [0.1, 0.15) is 0 Å². The van der Waals surface area contributed by atoms with Crippen LogP contribution in [0.25, 0.3) is 0 Å². The number of carbonyl (C=O) groups excluding carboxylic acids is 1. The molecule has 4 nitrogen and oxygen atoms in total. The van der Waals surface area contributed by atoms with Crippen LogP contribution in [-0.4, -0.2) is 17.0 Å². The Morgan fingerprint density at radius 3 is 2.52 bits per heavy atom. The normalized spacial score (nSPS) is 10.2. The van der Waals surface area contributed by atoms with E-state index in [0.717, 1.165) is 16.7 Å². The van der Waals surface area contributed by atoms with Crippen molar-refractivity contribution in [3.05, 3.63) is 64.7 Å². The lowest BCUT2D eigenvalue weighted by Crippen LogP contribution is -2.15. The summed E-state index contributed by atoms with van der Waals surface area (Å²) in [5.74, 6) is -1.17. The van der Waals surface area contributed by atoms with Crippen LogP contribution in [0.5, 0.6) is 0 Å². The van der Waals surface area contributed by atoms with Crippen molar-refractivity contribution < 1.29 is 14.7 Å². The van der Waals surface area contributed by atoms with E-state index in [1.807, 2.05) is 38.1 Å². The summed E-state index contributed by atoms with van der Waals surface area (Å²) in [4.78, 5) is 23.0. The van der Waals surface area contributed by atoms with E-state index >= 15 is 0 Å². The van der Waals surface area contributed by atoms with Gasteiger partial charge >= 0.3 is 5.97 Å². The van der Waals surface area contributed by atoms with E-state index in [-0.39, 0.29) is 17.9 Å². The molecule has 0 atom stereocenters. The molecular weight excluding hydrogens is 266 g/mol. The third kappa shape index (κ3) is 3.92. The van der Waals surface area contributed by atoms with E-state index in [1.165, 1.54) is 12.1 Å². The number of nitrogens with one attached hydrogen (secondary N) is 1. The van der Waals surface area contributed by atoms with E-state index in [9.17, 15) is 9.59 Å². The first-order valence-corrected chi connectivity index (χ1v) is 6.65. The Morgan fingerprint density at radius 2 is 1.86 bits per heavy atom. The molecule has 2 N–H and O–H groups in total. The lowest BCUT2D eigenvalue weighted by Gasteiger charge is -2.09. The highest BCUT2D eigenvalue weighted by Gasteiger charge is 2.09. The summed E-state index contributed by atoms with van der Waals surface area (Å²) in [7, 11) is 0. The van der Waals surface area contributed by atoms with Gasteiger partial charge in [0, 0.05) is 5.69 Å². The number of rotatable bonds is 4. The molecule has 2 rings (SSSR count). The number of amides is 1. The second-order valence-electron chi connectivity index (χ2n) is 5.05. The summed E-state index contributed by atoms with van der Waals surface area (Å²) >= 11 is 0. The second-order valence-corrected chi connectivity index (χ2v) is 5.05. The van der Waals surface area contributed by atoms with Gasteiger partial charge in [-0.05, 0) is 37.1 Å². The van der Waals surface area contributed by atoms with Crippen LogP contribution < -0.4 is 5.32 Å². The molecule has 0 aliphatic heterocycles. The SMILES string of the molecule is Cc1cccc(CC(=O)Nc2cc(C(=O)O)ccc2C)c1. The molecular formula is C17H17NO3. The number of anilines is 1. The smallest absolute Gasteiger partial charge is 0.335 e. The average Bonchev–Trinajstić information content (AvgIpc) is 2.41. The second kappa shape index (κ2) is 6.22. The van der Waals surface area contributed by atoms with Crippen LogP contribution in [-0.2, 0) is 11.2 Å². The fourth-order valence-electron chi connectivity index (χ4n) is 2.09. The number of benzene rings is 2. The Kier molecular flexibility index (Phi) is 4.38. The molecule has 0 aliphatic rings. The van der Waals surface area contributed by atoms with Gasteiger partial charge in [-0.25, -0.2) is 4.79 Å². The number of carboxylic acids is 1. The van der Waals surface area contributed by atoms with Crippen LogP contribution in [0.2, 0.25) is 0 Å². The Balaban J connectivity index is 2.12. The zero-order chi connectivity index (χ0) is 15.4. The standard InChI is InChI=1S/C17H17NO3/c1-11-4-3-5-13(8-11)9-16(19)18-15-10-14(17(20)21)7-6-12(15)2/h3-8,10H,9H2,1-2H3,(H,18,19)(H,20,21). The molecule has 2 aromatic rings. The van der Waals surface area contributed by atoms with Crippen molar-refractivity contribution in [1.29, 1.82) is 0 Å². The van der Waals surface area contributed by atoms with Crippen molar-refractivity contribution in [2.24, 2.45) is 0 Å². The molecule has 0 radical (unpaired) electrons. The molecule has 21 heavy (non-hydrogen) atoms. The Hall–Kier alpha value is -2.62.